The van der Waals surface area contributed by atoms with Gasteiger partial charge in [-0.1, -0.05) is 26.0 Å². The van der Waals surface area contributed by atoms with Crippen LogP contribution >= 0.6 is 0 Å². The third-order valence-corrected chi connectivity index (χ3v) is 5.06. The van der Waals surface area contributed by atoms with Crippen molar-refractivity contribution in [1.82, 2.24) is 9.97 Å². The highest BCUT2D eigenvalue weighted by atomic mass is 14.9. The van der Waals surface area contributed by atoms with Crippen molar-refractivity contribution in [3.05, 3.63) is 35.0 Å². The van der Waals surface area contributed by atoms with Gasteiger partial charge in [0.05, 0.1) is 5.52 Å². The van der Waals surface area contributed by atoms with Crippen molar-refractivity contribution in [1.29, 1.82) is 0 Å². The minimum atomic E-state index is 0.506. The normalized spacial score (nSPS) is 23.2. The van der Waals surface area contributed by atoms with Crippen molar-refractivity contribution in [2.45, 2.75) is 26.7 Å². The van der Waals surface area contributed by atoms with E-state index in [1.807, 2.05) is 0 Å². The van der Waals surface area contributed by atoms with Gasteiger partial charge in [0.2, 0.25) is 0 Å². The first kappa shape index (κ1) is 12.3. The minimum absolute atomic E-state index is 0.506. The van der Waals surface area contributed by atoms with E-state index in [0.717, 1.165) is 18.7 Å². The molecular weight excluding hydrogens is 270 g/mol. The molecule has 3 heteroatoms. The predicted molar refractivity (Wildman–Crippen MR) is 93.1 cm³/mol. The quantitative estimate of drug-likeness (QED) is 0.600. The summed E-state index contributed by atoms with van der Waals surface area (Å²) in [6.07, 6.45) is 8.79. The van der Waals surface area contributed by atoms with E-state index in [4.69, 9.17) is 0 Å². The third-order valence-electron chi connectivity index (χ3n) is 5.06. The van der Waals surface area contributed by atoms with Gasteiger partial charge in [-0.3, -0.25) is 0 Å². The first-order valence-electron chi connectivity index (χ1n) is 8.11. The molecule has 0 saturated heterocycles. The van der Waals surface area contributed by atoms with E-state index < -0.39 is 0 Å². The van der Waals surface area contributed by atoms with Gasteiger partial charge in [0.15, 0.2) is 0 Å². The van der Waals surface area contributed by atoms with Gasteiger partial charge in [0.1, 0.15) is 5.82 Å². The summed E-state index contributed by atoms with van der Waals surface area (Å²) in [6, 6.07) is 4.47. The zero-order chi connectivity index (χ0) is 14.8. The lowest BCUT2D eigenvalue weighted by Crippen LogP contribution is -2.04. The topological polar surface area (TPSA) is 43.9 Å². The van der Waals surface area contributed by atoms with E-state index in [2.05, 4.69) is 59.3 Å². The van der Waals surface area contributed by atoms with Crippen molar-refractivity contribution in [3.63, 3.8) is 0 Å². The number of hydrogen-bond donors (Lipinski definition) is 2. The molecule has 1 aliphatic carbocycles. The van der Waals surface area contributed by atoms with E-state index in [1.165, 1.54) is 38.6 Å². The molecule has 0 bridgehead atoms. The number of rotatable bonds is 0. The number of allylic oxidation sites excluding steroid dienone is 1. The third kappa shape index (κ3) is 1.54. The second-order valence-electron chi connectivity index (χ2n) is 6.88. The molecule has 1 aromatic carbocycles. The number of benzene rings is 1. The van der Waals surface area contributed by atoms with E-state index in [-0.39, 0.29) is 0 Å². The van der Waals surface area contributed by atoms with Crippen LogP contribution in [0.1, 0.15) is 30.7 Å². The zero-order valence-corrected chi connectivity index (χ0v) is 12.9. The summed E-state index contributed by atoms with van der Waals surface area (Å²) in [5, 5.41) is 2.72. The van der Waals surface area contributed by atoms with Crippen LogP contribution in [-0.2, 0) is 12.8 Å². The van der Waals surface area contributed by atoms with Crippen LogP contribution in [0, 0.1) is 11.8 Å². The molecule has 2 aromatic heterocycles. The molecule has 3 aromatic rings. The number of nitrogens with zero attached hydrogens (tertiary/aromatic N) is 1. The maximum atomic E-state index is 4.60. The fraction of sp³-hybridized carbons (Fsp3) is 0.316. The molecule has 0 fully saturated rings. The Morgan fingerprint density at radius 3 is 2.82 bits per heavy atom. The Labute approximate surface area is 129 Å². The molecule has 110 valence electrons. The number of aromatic nitrogens is 2. The van der Waals surface area contributed by atoms with Crippen LogP contribution in [0.5, 0.6) is 0 Å². The minimum Gasteiger partial charge on any atom is -0.354 e. The van der Waals surface area contributed by atoms with E-state index in [1.54, 1.807) is 0 Å². The highest BCUT2D eigenvalue weighted by Gasteiger charge is 2.22. The molecule has 2 N–H and O–H groups in total. The summed E-state index contributed by atoms with van der Waals surface area (Å²) in [4.78, 5) is 11.8. The molecule has 3 heterocycles. The van der Waals surface area contributed by atoms with Crippen LogP contribution in [0.25, 0.3) is 27.9 Å². The van der Waals surface area contributed by atoms with Gasteiger partial charge in [-0.2, -0.15) is 0 Å². The SMILES string of the molecule is CC1C=Cc2[nH]c3c(ccc4[nH]c5c(c43)CC(C)C=N5)c2C1. The summed E-state index contributed by atoms with van der Waals surface area (Å²) < 4.78 is 0. The lowest BCUT2D eigenvalue weighted by Gasteiger charge is -2.12. The molecule has 2 unspecified atom stereocenters. The van der Waals surface area contributed by atoms with Gasteiger partial charge in [-0.05, 0) is 42.4 Å². The van der Waals surface area contributed by atoms with Gasteiger partial charge < -0.3 is 9.97 Å². The van der Waals surface area contributed by atoms with Gasteiger partial charge in [-0.15, -0.1) is 0 Å². The molecule has 0 spiro atoms. The van der Waals surface area contributed by atoms with Crippen molar-refractivity contribution < 1.29 is 0 Å². The second-order valence-corrected chi connectivity index (χ2v) is 6.88. The molecule has 2 aliphatic rings. The van der Waals surface area contributed by atoms with Crippen LogP contribution in [-0.4, -0.2) is 16.2 Å². The Kier molecular flexibility index (Phi) is 2.30. The summed E-state index contributed by atoms with van der Waals surface area (Å²) in [7, 11) is 0. The van der Waals surface area contributed by atoms with Gasteiger partial charge in [0, 0.05) is 33.8 Å². The van der Waals surface area contributed by atoms with Crippen LogP contribution in [0.2, 0.25) is 0 Å². The average Bonchev–Trinajstić information content (AvgIpc) is 3.04. The maximum Gasteiger partial charge on any atom is 0.133 e. The number of H-pyrrole nitrogens is 2. The van der Waals surface area contributed by atoms with E-state index in [0.29, 0.717) is 11.8 Å². The number of fused-ring (bicyclic) bond motifs is 7. The Balaban J connectivity index is 1.88. The summed E-state index contributed by atoms with van der Waals surface area (Å²) >= 11 is 0. The Bertz CT molecular complexity index is 968. The van der Waals surface area contributed by atoms with Crippen molar-refractivity contribution in [2.24, 2.45) is 16.8 Å². The van der Waals surface area contributed by atoms with Crippen molar-refractivity contribution in [3.8, 4) is 0 Å². The fourth-order valence-corrected chi connectivity index (χ4v) is 3.98. The smallest absolute Gasteiger partial charge is 0.133 e. The number of aromatic amines is 2. The Hall–Kier alpha value is -2.29. The monoisotopic (exact) mass is 289 g/mol. The van der Waals surface area contributed by atoms with Crippen molar-refractivity contribution in [2.75, 3.05) is 0 Å². The fourth-order valence-electron chi connectivity index (χ4n) is 3.98. The van der Waals surface area contributed by atoms with Crippen LogP contribution in [0.4, 0.5) is 5.82 Å². The van der Waals surface area contributed by atoms with Crippen molar-refractivity contribution >= 4 is 39.9 Å². The second kappa shape index (κ2) is 4.13. The first-order valence-corrected chi connectivity index (χ1v) is 8.11. The molecule has 0 amide bonds. The maximum absolute atomic E-state index is 4.60. The van der Waals surface area contributed by atoms with Crippen LogP contribution in [0.3, 0.4) is 0 Å². The highest BCUT2D eigenvalue weighted by molar-refractivity contribution is 6.10. The molecular formula is C19H19N3. The van der Waals surface area contributed by atoms with Crippen LogP contribution in [0.15, 0.2) is 23.2 Å². The summed E-state index contributed by atoms with van der Waals surface area (Å²) in [5.74, 6) is 2.16. The molecule has 1 aliphatic heterocycles. The van der Waals surface area contributed by atoms with Gasteiger partial charge in [0.25, 0.3) is 0 Å². The Morgan fingerprint density at radius 1 is 1.05 bits per heavy atom. The Morgan fingerprint density at radius 2 is 1.91 bits per heavy atom. The molecule has 0 saturated carbocycles. The number of nitrogens with one attached hydrogen (secondary N) is 2. The molecule has 0 radical (unpaired) electrons. The van der Waals surface area contributed by atoms with Crippen LogP contribution < -0.4 is 0 Å². The molecule has 5 rings (SSSR count). The highest BCUT2D eigenvalue weighted by Crippen LogP contribution is 2.40. The summed E-state index contributed by atoms with van der Waals surface area (Å²) in [5.41, 5.74) is 6.59. The van der Waals surface area contributed by atoms with E-state index in [9.17, 15) is 0 Å². The first-order chi connectivity index (χ1) is 10.7. The largest absolute Gasteiger partial charge is 0.354 e. The van der Waals surface area contributed by atoms with Gasteiger partial charge in [-0.25, -0.2) is 4.99 Å². The van der Waals surface area contributed by atoms with E-state index >= 15 is 0 Å². The summed E-state index contributed by atoms with van der Waals surface area (Å²) in [6.45, 7) is 4.51. The number of hydrogen-bond acceptors (Lipinski definition) is 1. The predicted octanol–water partition coefficient (Wildman–Crippen LogP) is 4.75. The molecule has 3 nitrogen and oxygen atoms in total. The molecule has 22 heavy (non-hydrogen) atoms. The standard InChI is InChI=1S/C19H19N3/c1-10-3-5-15-13(7-10)12-4-6-16-17(18(12)21-15)14-8-11(2)9-20-19(14)22-16/h3-6,9-11,21-22H,7-8H2,1-2H3. The zero-order valence-electron chi connectivity index (χ0n) is 12.9. The number of aliphatic imine (C=N–C) groups is 1. The van der Waals surface area contributed by atoms with Gasteiger partial charge >= 0.3 is 0 Å². The molecule has 2 atom stereocenters. The average molecular weight is 289 g/mol. The lowest BCUT2D eigenvalue weighted by atomic mass is 9.92. The lowest BCUT2D eigenvalue weighted by molar-refractivity contribution is 0.720.